The van der Waals surface area contributed by atoms with E-state index < -0.39 is 10.8 Å². The molecule has 1 amide bonds. The molecule has 98 valence electrons. The number of nitrogens with one attached hydrogen (secondary N) is 1. The van der Waals surface area contributed by atoms with Crippen molar-refractivity contribution < 1.29 is 9.72 Å². The van der Waals surface area contributed by atoms with E-state index in [1.807, 2.05) is 13.0 Å². The summed E-state index contributed by atoms with van der Waals surface area (Å²) in [6, 6.07) is 4.55. The second kappa shape index (κ2) is 5.45. The van der Waals surface area contributed by atoms with Gasteiger partial charge in [0.05, 0.1) is 9.80 Å². The van der Waals surface area contributed by atoms with Crippen LogP contribution in [0.4, 0.5) is 10.8 Å². The summed E-state index contributed by atoms with van der Waals surface area (Å²) >= 11 is 4.11. The summed E-state index contributed by atoms with van der Waals surface area (Å²) in [5.74, 6) is 0.0280. The third-order valence-corrected chi connectivity index (χ3v) is 3.74. The Labute approximate surface area is 120 Å². The van der Waals surface area contributed by atoms with Crippen LogP contribution in [0.3, 0.4) is 0 Å². The molecule has 2 rings (SSSR count). The topological polar surface area (TPSA) is 85.1 Å². The first-order valence-electron chi connectivity index (χ1n) is 5.15. The number of carbonyl (C=O) groups excluding carboxylic acids is 1. The predicted octanol–water partition coefficient (Wildman–Crippen LogP) is 3.37. The third kappa shape index (κ3) is 3.15. The van der Waals surface area contributed by atoms with Gasteiger partial charge in [-0.2, -0.15) is 0 Å². The van der Waals surface area contributed by atoms with E-state index in [-0.39, 0.29) is 9.88 Å². The van der Waals surface area contributed by atoms with Gasteiger partial charge in [0.25, 0.3) is 5.91 Å². The smallest absolute Gasteiger partial charge is 0.306 e. The number of rotatable bonds is 3. The average molecular weight is 342 g/mol. The van der Waals surface area contributed by atoms with Gasteiger partial charge in [-0.15, -0.1) is 0 Å². The number of carbonyl (C=O) groups is 1. The molecule has 0 unspecified atom stereocenters. The first-order valence-corrected chi connectivity index (χ1v) is 6.76. The fraction of sp³-hybridized carbons (Fsp3) is 0.0909. The first kappa shape index (κ1) is 13.6. The maximum Gasteiger partial charge on any atom is 0.324 e. The number of thiophene rings is 1. The zero-order valence-corrected chi connectivity index (χ0v) is 12.1. The third-order valence-electron chi connectivity index (χ3n) is 2.27. The Bertz CT molecular complexity index is 656. The molecular formula is C11H8BrN3O3S. The lowest BCUT2D eigenvalue weighted by Crippen LogP contribution is -2.12. The van der Waals surface area contributed by atoms with Gasteiger partial charge in [0.15, 0.2) is 0 Å². The van der Waals surface area contributed by atoms with Gasteiger partial charge >= 0.3 is 5.00 Å². The Morgan fingerprint density at radius 3 is 2.84 bits per heavy atom. The molecule has 6 nitrogen and oxygen atoms in total. The highest BCUT2D eigenvalue weighted by molar-refractivity contribution is 9.10. The summed E-state index contributed by atoms with van der Waals surface area (Å²) in [5, 5.41) is 13.1. The van der Waals surface area contributed by atoms with E-state index in [0.717, 1.165) is 21.4 Å². The van der Waals surface area contributed by atoms with E-state index in [2.05, 4.69) is 26.2 Å². The first-order chi connectivity index (χ1) is 8.97. The van der Waals surface area contributed by atoms with E-state index >= 15 is 0 Å². The molecule has 0 aliphatic carbocycles. The van der Waals surface area contributed by atoms with Crippen LogP contribution in [0, 0.1) is 17.0 Å². The van der Waals surface area contributed by atoms with Gasteiger partial charge in [0.1, 0.15) is 5.82 Å². The van der Waals surface area contributed by atoms with Crippen molar-refractivity contribution in [3.8, 4) is 0 Å². The molecule has 2 aromatic rings. The highest BCUT2D eigenvalue weighted by atomic mass is 79.9. The van der Waals surface area contributed by atoms with Crippen molar-refractivity contribution in [3.05, 3.63) is 49.4 Å². The number of nitro groups is 1. The zero-order chi connectivity index (χ0) is 14.0. The van der Waals surface area contributed by atoms with Crippen LogP contribution in [0.5, 0.6) is 0 Å². The van der Waals surface area contributed by atoms with Crippen LogP contribution in [0.2, 0.25) is 0 Å². The van der Waals surface area contributed by atoms with Crippen LogP contribution in [-0.4, -0.2) is 15.8 Å². The minimum Gasteiger partial charge on any atom is -0.306 e. The lowest BCUT2D eigenvalue weighted by Gasteiger charge is -2.05. The van der Waals surface area contributed by atoms with Crippen LogP contribution in [0.1, 0.15) is 15.2 Å². The van der Waals surface area contributed by atoms with Crippen molar-refractivity contribution in [2.24, 2.45) is 0 Å². The lowest BCUT2D eigenvalue weighted by molar-refractivity contribution is -0.380. The molecule has 19 heavy (non-hydrogen) atoms. The molecule has 1 N–H and O–H groups in total. The van der Waals surface area contributed by atoms with Gasteiger partial charge in [-0.1, -0.05) is 11.3 Å². The molecule has 0 atom stereocenters. The van der Waals surface area contributed by atoms with Crippen molar-refractivity contribution >= 4 is 44.0 Å². The Hall–Kier alpha value is -1.80. The maximum absolute atomic E-state index is 11.9. The molecule has 0 aliphatic heterocycles. The normalized spacial score (nSPS) is 10.2. The molecular weight excluding hydrogens is 334 g/mol. The summed E-state index contributed by atoms with van der Waals surface area (Å²) in [6.45, 7) is 1.81. The van der Waals surface area contributed by atoms with Crippen LogP contribution >= 0.6 is 27.3 Å². The number of pyridine rings is 1. The van der Waals surface area contributed by atoms with Gasteiger partial charge in [-0.25, -0.2) is 4.98 Å². The van der Waals surface area contributed by atoms with Crippen molar-refractivity contribution in [2.75, 3.05) is 5.32 Å². The molecule has 0 spiro atoms. The monoisotopic (exact) mass is 341 g/mol. The van der Waals surface area contributed by atoms with Crippen molar-refractivity contribution in [1.82, 2.24) is 4.98 Å². The Kier molecular flexibility index (Phi) is 3.91. The molecule has 0 aromatic carbocycles. The van der Waals surface area contributed by atoms with E-state index in [4.69, 9.17) is 0 Å². The van der Waals surface area contributed by atoms with Crippen LogP contribution < -0.4 is 5.32 Å². The van der Waals surface area contributed by atoms with Gasteiger partial charge in [0.2, 0.25) is 0 Å². The number of aromatic nitrogens is 1. The minimum absolute atomic E-state index is 0.0642. The molecule has 8 heteroatoms. The molecule has 0 bridgehead atoms. The molecule has 2 heterocycles. The quantitative estimate of drug-likeness (QED) is 0.684. The molecule has 0 aliphatic rings. The highest BCUT2D eigenvalue weighted by Crippen LogP contribution is 2.25. The molecule has 2 aromatic heterocycles. The Morgan fingerprint density at radius 2 is 2.26 bits per heavy atom. The minimum atomic E-state index is -0.523. The summed E-state index contributed by atoms with van der Waals surface area (Å²) in [6.07, 6.45) is 1.57. The standard InChI is InChI=1S/C11H8BrN3O3S/c1-6-4-7(12)5-13-10(6)14-11(16)8-2-3-9(19-8)15(17)18/h2-5H,1H3,(H,13,14,16). The van der Waals surface area contributed by atoms with Crippen LogP contribution in [0.15, 0.2) is 28.9 Å². The fourth-order valence-electron chi connectivity index (χ4n) is 1.39. The van der Waals surface area contributed by atoms with Crippen molar-refractivity contribution in [2.45, 2.75) is 6.92 Å². The lowest BCUT2D eigenvalue weighted by atomic mass is 10.3. The molecule has 0 fully saturated rings. The number of anilines is 1. The van der Waals surface area contributed by atoms with Crippen LogP contribution in [0.25, 0.3) is 0 Å². The van der Waals surface area contributed by atoms with Crippen molar-refractivity contribution in [1.29, 1.82) is 0 Å². The number of hydrogen-bond donors (Lipinski definition) is 1. The fourth-order valence-corrected chi connectivity index (χ4v) is 2.55. The van der Waals surface area contributed by atoms with E-state index in [1.165, 1.54) is 12.1 Å². The summed E-state index contributed by atoms with van der Waals surface area (Å²) in [7, 11) is 0. The second-order valence-corrected chi connectivity index (χ2v) is 5.65. The zero-order valence-electron chi connectivity index (χ0n) is 9.71. The number of hydrogen-bond acceptors (Lipinski definition) is 5. The van der Waals surface area contributed by atoms with Gasteiger partial charge in [0, 0.05) is 16.7 Å². The number of halogens is 1. The summed E-state index contributed by atoms with van der Waals surface area (Å²) in [4.78, 5) is 26.3. The SMILES string of the molecule is Cc1cc(Br)cnc1NC(=O)c1ccc([N+](=O)[O-])s1. The molecule has 0 radical (unpaired) electrons. The largest absolute Gasteiger partial charge is 0.324 e. The molecule has 0 saturated carbocycles. The average Bonchev–Trinajstić information content (AvgIpc) is 2.82. The Morgan fingerprint density at radius 1 is 1.53 bits per heavy atom. The highest BCUT2D eigenvalue weighted by Gasteiger charge is 2.16. The Balaban J connectivity index is 2.18. The van der Waals surface area contributed by atoms with E-state index in [1.54, 1.807) is 6.20 Å². The van der Waals surface area contributed by atoms with Crippen molar-refractivity contribution in [3.63, 3.8) is 0 Å². The predicted molar refractivity (Wildman–Crippen MR) is 75.6 cm³/mol. The van der Waals surface area contributed by atoms with E-state index in [9.17, 15) is 14.9 Å². The summed E-state index contributed by atoms with van der Waals surface area (Å²) < 4.78 is 0.815. The van der Waals surface area contributed by atoms with Gasteiger partial charge in [-0.3, -0.25) is 14.9 Å². The van der Waals surface area contributed by atoms with Gasteiger partial charge < -0.3 is 5.32 Å². The van der Waals surface area contributed by atoms with E-state index in [0.29, 0.717) is 5.82 Å². The number of aryl methyl sites for hydroxylation is 1. The second-order valence-electron chi connectivity index (χ2n) is 3.67. The number of nitrogens with zero attached hydrogens (tertiary/aromatic N) is 2. The van der Waals surface area contributed by atoms with Gasteiger partial charge in [-0.05, 0) is 40.5 Å². The number of amides is 1. The molecule has 0 saturated heterocycles. The summed E-state index contributed by atoms with van der Waals surface area (Å²) in [5.41, 5.74) is 0.800. The van der Waals surface area contributed by atoms with Crippen LogP contribution in [-0.2, 0) is 0 Å². The maximum atomic E-state index is 11.9.